The van der Waals surface area contributed by atoms with Gasteiger partial charge < -0.3 is 123 Å². The number of benzene rings is 1. The molecule has 10 N–H and O–H groups in total. The Morgan fingerprint density at radius 2 is 0.976 bits per heavy atom. The summed E-state index contributed by atoms with van der Waals surface area (Å²) in [7, 11) is 14.1. The molecule has 38 heteroatoms. The van der Waals surface area contributed by atoms with Crippen molar-refractivity contribution in [2.24, 2.45) is 23.7 Å². The van der Waals surface area contributed by atoms with Crippen molar-refractivity contribution in [3.63, 3.8) is 0 Å². The van der Waals surface area contributed by atoms with E-state index in [-0.39, 0.29) is 195 Å². The van der Waals surface area contributed by atoms with Crippen LogP contribution >= 0.6 is 12.6 Å². The molecule has 1 aromatic carbocycles. The molecular formula is C88H159N7O30S. The highest BCUT2D eigenvalue weighted by atomic mass is 32.1. The van der Waals surface area contributed by atoms with E-state index in [9.17, 15) is 57.8 Å². The smallest absolute Gasteiger partial charge is 0.305 e. The molecule has 1 aliphatic rings. The van der Waals surface area contributed by atoms with E-state index < -0.39 is 115 Å². The first-order valence-corrected chi connectivity index (χ1v) is 44.6. The summed E-state index contributed by atoms with van der Waals surface area (Å²) >= 11 is 3.98. The number of methoxy groups -OCH3 is 6. The monoisotopic (exact) mass is 1830 g/mol. The van der Waals surface area contributed by atoms with E-state index in [1.807, 2.05) is 119 Å². The Balaban J connectivity index is 0. The van der Waals surface area contributed by atoms with Crippen LogP contribution in [0.15, 0.2) is 30.3 Å². The average Bonchev–Trinajstić information content (AvgIpc) is 1.47. The number of likely N-dealkylation sites (tertiary alicyclic amines) is 1. The molecule has 1 saturated heterocycles. The topological polar surface area (TPSA) is 487 Å². The maximum Gasteiger partial charge on any atom is 0.305 e. The lowest BCUT2D eigenvalue weighted by atomic mass is 9.89. The van der Waals surface area contributed by atoms with Gasteiger partial charge in [-0.15, -0.1) is 0 Å². The summed E-state index contributed by atoms with van der Waals surface area (Å²) in [6.07, 6.45) is 0.0216. The van der Waals surface area contributed by atoms with Crippen molar-refractivity contribution in [3.05, 3.63) is 35.9 Å². The quantitative estimate of drug-likeness (QED) is 0.0175. The third kappa shape index (κ3) is 51.0. The van der Waals surface area contributed by atoms with Crippen molar-refractivity contribution >= 4 is 77.7 Å². The molecule has 1 aliphatic heterocycles. The van der Waals surface area contributed by atoms with Gasteiger partial charge in [0.25, 0.3) is 0 Å². The Bertz CT molecular complexity index is 3100. The van der Waals surface area contributed by atoms with Crippen molar-refractivity contribution in [2.75, 3.05) is 135 Å². The second-order valence-corrected chi connectivity index (χ2v) is 32.1. The maximum absolute atomic E-state index is 14.5. The van der Waals surface area contributed by atoms with Crippen LogP contribution in [0.5, 0.6) is 0 Å². The van der Waals surface area contributed by atoms with E-state index in [2.05, 4.69) is 33.9 Å². The zero-order valence-electron chi connectivity index (χ0n) is 78.9. The summed E-state index contributed by atoms with van der Waals surface area (Å²) in [6.45, 7) is 22.6. The van der Waals surface area contributed by atoms with Crippen LogP contribution in [0.2, 0.25) is 0 Å². The van der Waals surface area contributed by atoms with Crippen LogP contribution in [-0.4, -0.2) is 344 Å². The van der Waals surface area contributed by atoms with Crippen molar-refractivity contribution in [1.82, 2.24) is 36.0 Å². The van der Waals surface area contributed by atoms with E-state index in [4.69, 9.17) is 87.1 Å². The molecule has 9 unspecified atom stereocenters. The van der Waals surface area contributed by atoms with Crippen LogP contribution in [0, 0.1) is 23.7 Å². The van der Waals surface area contributed by atoms with E-state index in [0.717, 1.165) is 5.56 Å². The molecule has 0 bridgehead atoms. The SMILES string of the molecule is CCC(CO)OC(CO)OC.CCC(CO)OC(COC(=O)CCCC(=O)NC(C)CC(=O)[C@H](Cc1ccccc1)NC(=O)[C@H](C)[C@@H](OC)[C@@H]1CCCN1C(=O)C[C@@H](OC)[C@H]([C@@H](C)CC)N(C)C(=O)[C@@H](NC(=O)[C@H](C(C)C)N(C)C)C(C)C)OC.CCC(CO)OC(COC(=O)CCCC(=O)NCCS)OC.CCC(CO)OC(COC(=O)CCCC(=O)O)OC. The second kappa shape index (κ2) is 72.1. The molecule has 0 aliphatic carbocycles. The Morgan fingerprint density at radius 3 is 1.36 bits per heavy atom. The number of ether oxygens (including phenoxy) is 13. The van der Waals surface area contributed by atoms with Crippen LogP contribution < -0.4 is 21.3 Å². The number of Topliss-reactive ketones (excluding diaryl/α,β-unsaturated/α-hetero) is 1. The highest BCUT2D eigenvalue weighted by molar-refractivity contribution is 7.80. The fraction of sp³-hybridized carbons (Fsp3) is 0.807. The normalized spacial score (nSPS) is 16.6. The fourth-order valence-corrected chi connectivity index (χ4v) is 13.5. The van der Waals surface area contributed by atoms with Gasteiger partial charge in [0.05, 0.1) is 106 Å². The average molecular weight is 1830 g/mol. The van der Waals surface area contributed by atoms with Gasteiger partial charge in [0.15, 0.2) is 30.9 Å². The van der Waals surface area contributed by atoms with Crippen molar-refractivity contribution < 1.29 is 145 Å². The summed E-state index contributed by atoms with van der Waals surface area (Å²) in [5, 5.41) is 64.7. The number of aliphatic hydroxyl groups excluding tert-OH is 5. The van der Waals surface area contributed by atoms with Crippen molar-refractivity contribution in [1.29, 1.82) is 0 Å². The van der Waals surface area contributed by atoms with Gasteiger partial charge in [0.1, 0.15) is 25.9 Å². The number of esters is 3. The standard InChI is InChI=1S/C55H94N6O13.C14H27NO6S.C12H22O7.C7H16O4/c1-16-36(7)51(60(12)55(69)49(34(3)4)58-54(68)50(35(5)6)59(10)11)44(70-13)31-46(65)61-28-22-25-42(61)52(72-15)38(9)53(67)57-41(30-39-23-19-18-20-24-39)43(63)29-37(8)56-45(64)26-21-27-47(66)73-33-48(71-14)74-40(17-2)32-62;1-3-11(9-16)21-14(19-2)10-20-13(18)6-4-5-12(17)15-7-8-22;1-3-9(7-13)19-12(17-2)8-18-11(16)6-4-5-10(14)15;1-3-6(4-8)11-7(5-9)10-2/h18-20,23-24,34-38,40-42,44,48-52,62H,16-17,21-22,25-33H2,1-15H3,(H,56,64)(H,57,67)(H,58,68);11,14,16,22H,3-10H2,1-2H3,(H,15,17);9,12-13H,3-8H2,1-2H3,(H,14,15);6-9H,3-5H2,1-2H3/t36-,37?,38+,40?,41-,42-,44+,48?,49-,50-,51-,52+;;;/m0.../s1. The number of carbonyl (C=O) groups excluding carboxylic acids is 10. The predicted octanol–water partition coefficient (Wildman–Crippen LogP) is 5.09. The number of likely N-dealkylation sites (N-methyl/N-ethyl adjacent to an activating group) is 2. The van der Waals surface area contributed by atoms with E-state index >= 15 is 0 Å². The molecule has 0 spiro atoms. The van der Waals surface area contributed by atoms with Gasteiger partial charge >= 0.3 is 23.9 Å². The number of carboxylic acid groups (broad SMARTS) is 1. The Morgan fingerprint density at radius 1 is 0.524 bits per heavy atom. The summed E-state index contributed by atoms with van der Waals surface area (Å²) < 4.78 is 68.7. The number of nitrogens with zero attached hydrogens (tertiary/aromatic N) is 3. The van der Waals surface area contributed by atoms with Crippen LogP contribution in [0.3, 0.4) is 0 Å². The zero-order valence-corrected chi connectivity index (χ0v) is 79.8. The molecule has 732 valence electrons. The molecule has 37 nitrogen and oxygen atoms in total. The third-order valence-electron chi connectivity index (χ3n) is 21.0. The van der Waals surface area contributed by atoms with Gasteiger partial charge in [-0.1, -0.05) is 113 Å². The number of hydrogen-bond acceptors (Lipinski definition) is 31. The number of carboxylic acids is 1. The summed E-state index contributed by atoms with van der Waals surface area (Å²) in [6, 6.07) is 5.53. The first kappa shape index (κ1) is 121. The van der Waals surface area contributed by atoms with E-state index in [1.165, 1.54) is 42.7 Å². The number of amides is 6. The van der Waals surface area contributed by atoms with Gasteiger partial charge in [-0.2, -0.15) is 12.6 Å². The Labute approximate surface area is 753 Å². The molecule has 1 heterocycles. The molecule has 0 aromatic heterocycles. The number of aliphatic carboxylic acids is 1. The number of ketones is 1. The van der Waals surface area contributed by atoms with Crippen molar-refractivity contribution in [2.45, 2.75) is 303 Å². The summed E-state index contributed by atoms with van der Waals surface area (Å²) in [4.78, 5) is 146. The molecule has 2 rings (SSSR count). The maximum atomic E-state index is 14.5. The summed E-state index contributed by atoms with van der Waals surface area (Å²) in [5.74, 6) is -4.78. The third-order valence-corrected chi connectivity index (χ3v) is 21.2. The lowest BCUT2D eigenvalue weighted by Crippen LogP contribution is -2.59. The lowest BCUT2D eigenvalue weighted by molar-refractivity contribution is -0.194. The van der Waals surface area contributed by atoms with Crippen LogP contribution in [0.25, 0.3) is 0 Å². The lowest BCUT2D eigenvalue weighted by Gasteiger charge is -2.41. The van der Waals surface area contributed by atoms with E-state index in [0.29, 0.717) is 70.2 Å². The molecule has 1 fully saturated rings. The van der Waals surface area contributed by atoms with Gasteiger partial charge in [-0.05, 0) is 109 Å². The minimum Gasteiger partial charge on any atom is -0.481 e. The molecule has 18 atom stereocenters. The number of rotatable bonds is 65. The summed E-state index contributed by atoms with van der Waals surface area (Å²) in [5.41, 5.74) is 0.824. The van der Waals surface area contributed by atoms with Gasteiger partial charge in [-0.3, -0.25) is 57.6 Å². The molecule has 0 saturated carbocycles. The molecule has 1 aromatic rings. The molecular weight excluding hydrogens is 1670 g/mol. The first-order valence-electron chi connectivity index (χ1n) is 44.0. The minimum atomic E-state index is -0.946. The van der Waals surface area contributed by atoms with Crippen LogP contribution in [0.4, 0.5) is 0 Å². The molecule has 6 amide bonds. The van der Waals surface area contributed by atoms with E-state index in [1.54, 1.807) is 30.7 Å². The zero-order chi connectivity index (χ0) is 96.0. The highest BCUT2D eigenvalue weighted by Gasteiger charge is 2.44. The predicted molar refractivity (Wildman–Crippen MR) is 473 cm³/mol. The Hall–Kier alpha value is -6.70. The number of aliphatic hydroxyl groups is 5. The number of thiol groups is 1. The van der Waals surface area contributed by atoms with Crippen molar-refractivity contribution in [3.8, 4) is 0 Å². The largest absolute Gasteiger partial charge is 0.481 e. The second-order valence-electron chi connectivity index (χ2n) is 31.7. The number of nitrogens with one attached hydrogen (secondary N) is 4. The first-order chi connectivity index (χ1) is 59.9. The van der Waals surface area contributed by atoms with Gasteiger partial charge in [0.2, 0.25) is 35.4 Å². The number of carbonyl (C=O) groups is 11. The van der Waals surface area contributed by atoms with Crippen LogP contribution in [0.1, 0.15) is 204 Å². The Kier molecular flexibility index (Phi) is 69.4. The number of hydrogen-bond donors (Lipinski definition) is 11. The van der Waals surface area contributed by atoms with Gasteiger partial charge in [-0.25, -0.2) is 0 Å². The van der Waals surface area contributed by atoms with Gasteiger partial charge in [0, 0.05) is 120 Å². The molecule has 0 radical (unpaired) electrons. The van der Waals surface area contributed by atoms with Crippen LogP contribution in [-0.2, 0) is 121 Å². The minimum absolute atomic E-state index is 0.0108. The fourth-order valence-electron chi connectivity index (χ4n) is 13.4. The highest BCUT2D eigenvalue weighted by Crippen LogP contribution is 2.31. The molecule has 126 heavy (non-hydrogen) atoms.